The van der Waals surface area contributed by atoms with Crippen LogP contribution in [-0.2, 0) is 9.53 Å². The Morgan fingerprint density at radius 3 is 2.76 bits per heavy atom. The molecule has 25 heavy (non-hydrogen) atoms. The second-order valence-corrected chi connectivity index (χ2v) is 6.29. The summed E-state index contributed by atoms with van der Waals surface area (Å²) in [7, 11) is 0. The third-order valence-electron chi connectivity index (χ3n) is 4.75. The molecular weight excluding hydrogens is 324 g/mol. The van der Waals surface area contributed by atoms with Gasteiger partial charge in [0.25, 0.3) is 5.69 Å². The summed E-state index contributed by atoms with van der Waals surface area (Å²) in [4.78, 5) is 26.9. The number of ether oxygens (including phenoxy) is 1. The molecule has 2 heterocycles. The van der Waals surface area contributed by atoms with Gasteiger partial charge in [-0.2, -0.15) is 5.26 Å². The fraction of sp³-hybridized carbons (Fsp3) is 0.529. The SMILES string of the molecule is N#Cc1cc([N+](=O)[O-])ccc1N1CCCC(C(=O)N2CCOCC2)C1. The van der Waals surface area contributed by atoms with E-state index in [2.05, 4.69) is 0 Å². The minimum Gasteiger partial charge on any atom is -0.378 e. The number of carbonyl (C=O) groups is 1. The zero-order chi connectivity index (χ0) is 17.8. The summed E-state index contributed by atoms with van der Waals surface area (Å²) in [6, 6.07) is 6.35. The first kappa shape index (κ1) is 17.2. The summed E-state index contributed by atoms with van der Waals surface area (Å²) in [5, 5.41) is 20.2. The van der Waals surface area contributed by atoms with Gasteiger partial charge in [0.1, 0.15) is 6.07 Å². The summed E-state index contributed by atoms with van der Waals surface area (Å²) in [5.74, 6) is 0.0157. The van der Waals surface area contributed by atoms with Crippen molar-refractivity contribution in [2.24, 2.45) is 5.92 Å². The summed E-state index contributed by atoms with van der Waals surface area (Å²) >= 11 is 0. The lowest BCUT2D eigenvalue weighted by molar-refractivity contribution is -0.384. The Morgan fingerprint density at radius 2 is 2.08 bits per heavy atom. The largest absolute Gasteiger partial charge is 0.378 e. The Kier molecular flexibility index (Phi) is 5.14. The highest BCUT2D eigenvalue weighted by Gasteiger charge is 2.31. The van der Waals surface area contributed by atoms with Crippen LogP contribution in [0, 0.1) is 27.4 Å². The summed E-state index contributed by atoms with van der Waals surface area (Å²) < 4.78 is 5.29. The maximum absolute atomic E-state index is 12.7. The molecule has 8 heteroatoms. The standard InChI is InChI=1S/C17H20N4O4/c18-11-14-10-15(21(23)24)3-4-16(14)20-5-1-2-13(12-20)17(22)19-6-8-25-9-7-19/h3-4,10,13H,1-2,5-9,12H2. The Bertz CT molecular complexity index is 709. The number of piperidine rings is 1. The van der Waals surface area contributed by atoms with E-state index in [9.17, 15) is 20.2 Å². The van der Waals surface area contributed by atoms with Gasteiger partial charge >= 0.3 is 0 Å². The molecule has 2 saturated heterocycles. The number of non-ortho nitro benzene ring substituents is 1. The van der Waals surface area contributed by atoms with Crippen LogP contribution in [0.2, 0.25) is 0 Å². The van der Waals surface area contributed by atoms with Gasteiger partial charge in [0.15, 0.2) is 0 Å². The van der Waals surface area contributed by atoms with Crippen molar-refractivity contribution in [3.05, 3.63) is 33.9 Å². The van der Waals surface area contributed by atoms with Crippen LogP contribution in [0.3, 0.4) is 0 Å². The van der Waals surface area contributed by atoms with Crippen LogP contribution in [0.5, 0.6) is 0 Å². The van der Waals surface area contributed by atoms with Gasteiger partial charge in [-0.1, -0.05) is 0 Å². The number of hydrogen-bond donors (Lipinski definition) is 0. The van der Waals surface area contributed by atoms with Crippen molar-refractivity contribution in [3.8, 4) is 6.07 Å². The number of rotatable bonds is 3. The van der Waals surface area contributed by atoms with E-state index in [1.807, 2.05) is 15.9 Å². The highest BCUT2D eigenvalue weighted by atomic mass is 16.6. The van der Waals surface area contributed by atoms with Crippen LogP contribution in [0.4, 0.5) is 11.4 Å². The average Bonchev–Trinajstić information content (AvgIpc) is 2.67. The summed E-state index contributed by atoms with van der Waals surface area (Å²) in [6.07, 6.45) is 1.67. The first-order chi connectivity index (χ1) is 12.1. The van der Waals surface area contributed by atoms with Crippen molar-refractivity contribution < 1.29 is 14.5 Å². The van der Waals surface area contributed by atoms with E-state index in [0.717, 1.165) is 19.4 Å². The van der Waals surface area contributed by atoms with Gasteiger partial charge in [-0.05, 0) is 18.9 Å². The molecule has 1 aromatic rings. The predicted octanol–water partition coefficient (Wildman–Crippen LogP) is 1.54. The molecule has 132 valence electrons. The van der Waals surface area contributed by atoms with Crippen LogP contribution >= 0.6 is 0 Å². The minimum absolute atomic E-state index is 0.0988. The summed E-state index contributed by atoms with van der Waals surface area (Å²) in [6.45, 7) is 3.65. The Labute approximate surface area is 145 Å². The molecule has 8 nitrogen and oxygen atoms in total. The molecule has 1 atom stereocenters. The fourth-order valence-corrected chi connectivity index (χ4v) is 3.44. The lowest BCUT2D eigenvalue weighted by atomic mass is 9.95. The average molecular weight is 344 g/mol. The number of nitro benzene ring substituents is 1. The highest BCUT2D eigenvalue weighted by Crippen LogP contribution is 2.29. The molecule has 1 amide bonds. The van der Waals surface area contributed by atoms with Crippen LogP contribution in [0.15, 0.2) is 18.2 Å². The summed E-state index contributed by atoms with van der Waals surface area (Å²) in [5.41, 5.74) is 0.833. The fourth-order valence-electron chi connectivity index (χ4n) is 3.44. The van der Waals surface area contributed by atoms with Crippen molar-refractivity contribution in [1.82, 2.24) is 4.90 Å². The molecule has 0 N–H and O–H groups in total. The molecule has 0 radical (unpaired) electrons. The molecule has 0 aliphatic carbocycles. The van der Waals surface area contributed by atoms with Crippen molar-refractivity contribution in [2.75, 3.05) is 44.3 Å². The maximum Gasteiger partial charge on any atom is 0.270 e. The van der Waals surface area contributed by atoms with Crippen molar-refractivity contribution >= 4 is 17.3 Å². The van der Waals surface area contributed by atoms with Gasteiger partial charge in [-0.3, -0.25) is 14.9 Å². The minimum atomic E-state index is -0.508. The second kappa shape index (κ2) is 7.49. The van der Waals surface area contributed by atoms with Gasteiger partial charge in [0.2, 0.25) is 5.91 Å². The number of anilines is 1. The smallest absolute Gasteiger partial charge is 0.270 e. The third kappa shape index (κ3) is 3.72. The lowest BCUT2D eigenvalue weighted by Crippen LogP contribution is -2.48. The molecule has 0 bridgehead atoms. The quantitative estimate of drug-likeness (QED) is 0.609. The Morgan fingerprint density at radius 1 is 1.32 bits per heavy atom. The van der Waals surface area contributed by atoms with Gasteiger partial charge in [0.05, 0.1) is 35.3 Å². The highest BCUT2D eigenvalue weighted by molar-refractivity contribution is 5.80. The second-order valence-electron chi connectivity index (χ2n) is 6.29. The van der Waals surface area contributed by atoms with Crippen molar-refractivity contribution in [1.29, 1.82) is 5.26 Å². The number of nitriles is 1. The molecule has 2 fully saturated rings. The number of amides is 1. The molecule has 3 rings (SSSR count). The Balaban J connectivity index is 1.76. The number of carbonyl (C=O) groups excluding carboxylic acids is 1. The molecule has 1 aromatic carbocycles. The number of morpholine rings is 1. The van der Waals surface area contributed by atoms with Crippen LogP contribution < -0.4 is 4.90 Å². The van der Waals surface area contributed by atoms with E-state index in [-0.39, 0.29) is 23.1 Å². The van der Waals surface area contributed by atoms with Crippen LogP contribution in [0.25, 0.3) is 0 Å². The zero-order valence-electron chi connectivity index (χ0n) is 13.9. The van der Waals surface area contributed by atoms with Gasteiger partial charge < -0.3 is 14.5 Å². The number of benzene rings is 1. The van der Waals surface area contributed by atoms with E-state index in [0.29, 0.717) is 38.5 Å². The van der Waals surface area contributed by atoms with Crippen molar-refractivity contribution in [3.63, 3.8) is 0 Å². The van der Waals surface area contributed by atoms with E-state index in [1.54, 1.807) is 6.07 Å². The number of nitrogens with zero attached hydrogens (tertiary/aromatic N) is 4. The Hall–Kier alpha value is -2.66. The zero-order valence-corrected chi connectivity index (χ0v) is 13.9. The number of nitro groups is 1. The van der Waals surface area contributed by atoms with E-state index < -0.39 is 4.92 Å². The monoisotopic (exact) mass is 344 g/mol. The van der Waals surface area contributed by atoms with E-state index >= 15 is 0 Å². The first-order valence-electron chi connectivity index (χ1n) is 8.40. The van der Waals surface area contributed by atoms with Crippen molar-refractivity contribution in [2.45, 2.75) is 12.8 Å². The molecule has 2 aliphatic heterocycles. The predicted molar refractivity (Wildman–Crippen MR) is 90.1 cm³/mol. The van der Waals surface area contributed by atoms with Gasteiger partial charge in [-0.15, -0.1) is 0 Å². The van der Waals surface area contributed by atoms with Crippen LogP contribution in [-0.4, -0.2) is 55.1 Å². The normalized spacial score (nSPS) is 20.8. The molecular formula is C17H20N4O4. The lowest BCUT2D eigenvalue weighted by Gasteiger charge is -2.37. The molecule has 0 aromatic heterocycles. The topological polar surface area (TPSA) is 99.7 Å². The van der Waals surface area contributed by atoms with E-state index in [1.165, 1.54) is 12.1 Å². The van der Waals surface area contributed by atoms with E-state index in [4.69, 9.17) is 4.74 Å². The van der Waals surface area contributed by atoms with Gasteiger partial charge in [0, 0.05) is 38.3 Å². The van der Waals surface area contributed by atoms with Crippen LogP contribution in [0.1, 0.15) is 18.4 Å². The molecule has 1 unspecified atom stereocenters. The first-order valence-corrected chi connectivity index (χ1v) is 8.40. The van der Waals surface area contributed by atoms with Gasteiger partial charge in [-0.25, -0.2) is 0 Å². The third-order valence-corrected chi connectivity index (χ3v) is 4.75. The number of hydrogen-bond acceptors (Lipinski definition) is 6. The molecule has 0 saturated carbocycles. The molecule has 0 spiro atoms. The molecule has 2 aliphatic rings. The maximum atomic E-state index is 12.7.